The Kier molecular flexibility index (Phi) is 5.72. The smallest absolute Gasteiger partial charge is 0.415 e. The number of benzene rings is 2. The zero-order chi connectivity index (χ0) is 17.0. The van der Waals surface area contributed by atoms with Crippen LogP contribution in [0.2, 0.25) is 10.0 Å². The molecule has 0 amide bonds. The van der Waals surface area contributed by atoms with E-state index in [9.17, 15) is 4.57 Å². The molecule has 0 bridgehead atoms. The van der Waals surface area contributed by atoms with Gasteiger partial charge in [-0.25, -0.2) is 4.57 Å². The van der Waals surface area contributed by atoms with E-state index in [0.717, 1.165) is 25.8 Å². The van der Waals surface area contributed by atoms with Gasteiger partial charge in [0.25, 0.3) is 0 Å². The predicted octanol–water partition coefficient (Wildman–Crippen LogP) is 5.74. The fraction of sp³-hybridized carbons (Fsp3) is 0.294. The topological polar surface area (TPSA) is 47.6 Å². The molecule has 0 saturated carbocycles. The molecule has 1 saturated heterocycles. The van der Waals surface area contributed by atoms with Gasteiger partial charge in [-0.15, -0.1) is 0 Å². The molecule has 1 heterocycles. The first-order chi connectivity index (χ1) is 11.5. The lowest BCUT2D eigenvalue weighted by Crippen LogP contribution is -2.36. The molecule has 1 aliphatic rings. The SMILES string of the molecule is O=P(Oc1ccc(Cl)cc1)(Oc1ccc(Cl)cc1)C1CCCCN1. The van der Waals surface area contributed by atoms with Gasteiger partial charge in [-0.2, -0.15) is 0 Å². The van der Waals surface area contributed by atoms with Gasteiger partial charge in [-0.05, 0) is 74.3 Å². The molecular weight excluding hydrogens is 368 g/mol. The number of nitrogens with one attached hydrogen (secondary N) is 1. The lowest BCUT2D eigenvalue weighted by atomic mass is 10.2. The van der Waals surface area contributed by atoms with Gasteiger partial charge in [0.15, 0.2) is 0 Å². The van der Waals surface area contributed by atoms with Crippen LogP contribution in [0, 0.1) is 0 Å². The summed E-state index contributed by atoms with van der Waals surface area (Å²) >= 11 is 11.8. The molecular formula is C17H18Cl2NO3P. The van der Waals surface area contributed by atoms with E-state index >= 15 is 0 Å². The molecule has 1 unspecified atom stereocenters. The number of hydrogen-bond acceptors (Lipinski definition) is 4. The third kappa shape index (κ3) is 4.46. The zero-order valence-corrected chi connectivity index (χ0v) is 15.4. The molecule has 3 rings (SSSR count). The summed E-state index contributed by atoms with van der Waals surface area (Å²) in [4.78, 5) is 0. The first kappa shape index (κ1) is 17.6. The van der Waals surface area contributed by atoms with Crippen molar-refractivity contribution in [3.63, 3.8) is 0 Å². The average Bonchev–Trinajstić information content (AvgIpc) is 2.60. The molecule has 1 aliphatic heterocycles. The summed E-state index contributed by atoms with van der Waals surface area (Å²) in [5, 5.41) is 4.44. The van der Waals surface area contributed by atoms with Crippen LogP contribution in [-0.4, -0.2) is 12.3 Å². The molecule has 128 valence electrons. The molecule has 2 aromatic rings. The largest absolute Gasteiger partial charge is 0.447 e. The van der Waals surface area contributed by atoms with Crippen molar-refractivity contribution in [1.29, 1.82) is 0 Å². The summed E-state index contributed by atoms with van der Waals surface area (Å²) in [5.41, 5.74) is 0. The Morgan fingerprint density at radius 1 is 0.875 bits per heavy atom. The van der Waals surface area contributed by atoms with E-state index in [-0.39, 0.29) is 5.78 Å². The number of rotatable bonds is 5. The van der Waals surface area contributed by atoms with Crippen molar-refractivity contribution < 1.29 is 13.6 Å². The van der Waals surface area contributed by atoms with Crippen LogP contribution in [0.3, 0.4) is 0 Å². The van der Waals surface area contributed by atoms with Crippen LogP contribution in [-0.2, 0) is 4.57 Å². The standard InChI is InChI=1S/C17H18Cl2NO3P/c18-13-4-8-15(9-5-13)22-24(21,17-3-1-2-12-20-17)23-16-10-6-14(19)7-11-16/h4-11,17,20H,1-3,12H2. The van der Waals surface area contributed by atoms with E-state index < -0.39 is 7.60 Å². The fourth-order valence-electron chi connectivity index (χ4n) is 2.53. The minimum Gasteiger partial charge on any atom is -0.415 e. The first-order valence-corrected chi connectivity index (χ1v) is 10.2. The van der Waals surface area contributed by atoms with Gasteiger partial charge < -0.3 is 14.4 Å². The van der Waals surface area contributed by atoms with E-state index in [2.05, 4.69) is 5.32 Å². The summed E-state index contributed by atoms with van der Waals surface area (Å²) in [7, 11) is -3.47. The van der Waals surface area contributed by atoms with Gasteiger partial charge in [0.1, 0.15) is 17.3 Å². The summed E-state index contributed by atoms with van der Waals surface area (Å²) in [5.74, 6) is 0.575. The van der Waals surface area contributed by atoms with E-state index in [1.54, 1.807) is 48.5 Å². The lowest BCUT2D eigenvalue weighted by molar-refractivity contribution is 0.340. The van der Waals surface area contributed by atoms with Crippen molar-refractivity contribution in [2.24, 2.45) is 0 Å². The van der Waals surface area contributed by atoms with E-state index in [1.165, 1.54) is 0 Å². The Morgan fingerprint density at radius 2 is 1.38 bits per heavy atom. The second-order valence-electron chi connectivity index (χ2n) is 5.60. The van der Waals surface area contributed by atoms with E-state index in [0.29, 0.717) is 21.5 Å². The molecule has 7 heteroatoms. The lowest BCUT2D eigenvalue weighted by Gasteiger charge is -2.30. The highest BCUT2D eigenvalue weighted by molar-refractivity contribution is 7.55. The Balaban J connectivity index is 1.85. The van der Waals surface area contributed by atoms with Crippen LogP contribution in [0.15, 0.2) is 48.5 Å². The molecule has 24 heavy (non-hydrogen) atoms. The van der Waals surface area contributed by atoms with Crippen LogP contribution >= 0.6 is 30.8 Å². The van der Waals surface area contributed by atoms with Crippen LogP contribution in [0.1, 0.15) is 19.3 Å². The van der Waals surface area contributed by atoms with Crippen molar-refractivity contribution in [2.75, 3.05) is 6.54 Å². The third-order valence-electron chi connectivity index (χ3n) is 3.76. The first-order valence-electron chi connectivity index (χ1n) is 7.79. The third-order valence-corrected chi connectivity index (χ3v) is 6.40. The van der Waals surface area contributed by atoms with E-state index in [1.807, 2.05) is 0 Å². The Bertz CT molecular complexity index is 664. The highest BCUT2D eigenvalue weighted by atomic mass is 35.5. The quantitative estimate of drug-likeness (QED) is 0.666. The Labute approximate surface area is 151 Å². The Hall–Kier alpha value is -1.19. The fourth-order valence-corrected chi connectivity index (χ4v) is 4.76. The van der Waals surface area contributed by atoms with Crippen LogP contribution in [0.4, 0.5) is 0 Å². The summed E-state index contributed by atoms with van der Waals surface area (Å²) in [6, 6.07) is 13.5. The highest BCUT2D eigenvalue weighted by Gasteiger charge is 2.40. The van der Waals surface area contributed by atoms with Gasteiger partial charge >= 0.3 is 7.60 Å². The monoisotopic (exact) mass is 385 g/mol. The molecule has 4 nitrogen and oxygen atoms in total. The molecule has 0 aromatic heterocycles. The van der Waals surface area contributed by atoms with Gasteiger partial charge in [0, 0.05) is 10.0 Å². The normalized spacial score (nSPS) is 18.2. The molecule has 0 spiro atoms. The molecule has 0 aliphatic carbocycles. The Morgan fingerprint density at radius 3 is 1.79 bits per heavy atom. The van der Waals surface area contributed by atoms with Crippen molar-refractivity contribution in [3.8, 4) is 11.5 Å². The maximum atomic E-state index is 13.5. The summed E-state index contributed by atoms with van der Waals surface area (Å²) in [6.07, 6.45) is 2.77. The second kappa shape index (κ2) is 7.79. The van der Waals surface area contributed by atoms with Gasteiger partial charge in [0.2, 0.25) is 0 Å². The maximum Gasteiger partial charge on any atom is 0.447 e. The van der Waals surface area contributed by atoms with Gasteiger partial charge in [-0.1, -0.05) is 23.2 Å². The summed E-state index contributed by atoms with van der Waals surface area (Å²) in [6.45, 7) is 0.794. The van der Waals surface area contributed by atoms with Crippen molar-refractivity contribution >= 4 is 30.8 Å². The van der Waals surface area contributed by atoms with Crippen molar-refractivity contribution in [3.05, 3.63) is 58.6 Å². The molecule has 1 atom stereocenters. The highest BCUT2D eigenvalue weighted by Crippen LogP contribution is 2.54. The van der Waals surface area contributed by atoms with Crippen LogP contribution in [0.25, 0.3) is 0 Å². The number of hydrogen-bond donors (Lipinski definition) is 1. The zero-order valence-electron chi connectivity index (χ0n) is 13.0. The average molecular weight is 386 g/mol. The van der Waals surface area contributed by atoms with Gasteiger partial charge in [-0.3, -0.25) is 0 Å². The minimum atomic E-state index is -3.47. The molecule has 0 radical (unpaired) electrons. The minimum absolute atomic E-state index is 0.349. The second-order valence-corrected chi connectivity index (χ2v) is 8.54. The van der Waals surface area contributed by atoms with E-state index in [4.69, 9.17) is 32.2 Å². The van der Waals surface area contributed by atoms with Crippen molar-refractivity contribution in [1.82, 2.24) is 5.32 Å². The molecule has 1 N–H and O–H groups in total. The van der Waals surface area contributed by atoms with Gasteiger partial charge in [0.05, 0.1) is 0 Å². The summed E-state index contributed by atoms with van der Waals surface area (Å²) < 4.78 is 25.1. The maximum absolute atomic E-state index is 13.5. The molecule has 1 fully saturated rings. The predicted molar refractivity (Wildman–Crippen MR) is 97.4 cm³/mol. The van der Waals surface area contributed by atoms with Crippen LogP contribution < -0.4 is 14.4 Å². The molecule has 2 aromatic carbocycles. The number of piperidine rings is 1. The van der Waals surface area contributed by atoms with Crippen molar-refractivity contribution in [2.45, 2.75) is 25.0 Å². The number of halogens is 2. The van der Waals surface area contributed by atoms with Crippen LogP contribution in [0.5, 0.6) is 11.5 Å².